The molecule has 0 bridgehead atoms. The number of nitrogens with one attached hydrogen (secondary N) is 1. The highest BCUT2D eigenvalue weighted by molar-refractivity contribution is 5.75. The Hall–Kier alpha value is -3.87. The minimum Gasteiger partial charge on any atom is -0.459 e. The van der Waals surface area contributed by atoms with Crippen LogP contribution in [-0.4, -0.2) is 34.2 Å². The molecule has 1 aliphatic rings. The maximum Gasteiger partial charge on any atom is 0.318 e. The summed E-state index contributed by atoms with van der Waals surface area (Å²) in [7, 11) is 0. The highest BCUT2D eigenvalue weighted by Gasteiger charge is 2.29. The van der Waals surface area contributed by atoms with E-state index >= 15 is 0 Å². The third-order valence-electron chi connectivity index (χ3n) is 5.84. The molecule has 0 spiro atoms. The van der Waals surface area contributed by atoms with E-state index in [1.165, 1.54) is 0 Å². The number of amides is 2. The summed E-state index contributed by atoms with van der Waals surface area (Å²) in [5.74, 6) is 1.68. The van der Waals surface area contributed by atoms with E-state index in [0.29, 0.717) is 30.6 Å². The first kappa shape index (κ1) is 20.1. The molecule has 2 aromatic heterocycles. The molecule has 7 nitrogen and oxygen atoms in total. The molecule has 0 saturated carbocycles. The molecule has 1 fully saturated rings. The molecule has 32 heavy (non-hydrogen) atoms. The smallest absolute Gasteiger partial charge is 0.318 e. The molecule has 1 aliphatic heterocycles. The van der Waals surface area contributed by atoms with Crippen molar-refractivity contribution in [3.63, 3.8) is 0 Å². The van der Waals surface area contributed by atoms with E-state index in [1.807, 2.05) is 65.6 Å². The van der Waals surface area contributed by atoms with Crippen molar-refractivity contribution in [2.45, 2.75) is 24.8 Å². The van der Waals surface area contributed by atoms with E-state index in [0.717, 1.165) is 24.0 Å². The highest BCUT2D eigenvalue weighted by atomic mass is 16.4. The molecule has 0 atom stereocenters. The van der Waals surface area contributed by atoms with Crippen LogP contribution in [-0.2, 0) is 0 Å². The monoisotopic (exact) mass is 428 g/mol. The van der Waals surface area contributed by atoms with Gasteiger partial charge in [-0.25, -0.2) is 4.79 Å². The second-order valence-corrected chi connectivity index (χ2v) is 7.89. The first-order valence-electron chi connectivity index (χ1n) is 10.8. The van der Waals surface area contributed by atoms with E-state index in [1.54, 1.807) is 18.4 Å². The zero-order valence-corrected chi connectivity index (χ0v) is 17.6. The predicted octanol–water partition coefficient (Wildman–Crippen LogP) is 5.01. The van der Waals surface area contributed by atoms with Gasteiger partial charge in [0.15, 0.2) is 5.76 Å². The van der Waals surface area contributed by atoms with Gasteiger partial charge in [-0.3, -0.25) is 0 Å². The molecule has 1 saturated heterocycles. The molecule has 2 amide bonds. The maximum absolute atomic E-state index is 13.1. The normalized spacial score (nSPS) is 14.6. The van der Waals surface area contributed by atoms with Crippen molar-refractivity contribution in [1.82, 2.24) is 20.4 Å². The van der Waals surface area contributed by atoms with E-state index in [4.69, 9.17) is 8.83 Å². The number of urea groups is 1. The minimum atomic E-state index is -0.200. The Morgan fingerprint density at radius 2 is 1.56 bits per heavy atom. The first-order chi connectivity index (χ1) is 15.8. The molecule has 1 N–H and O–H groups in total. The van der Waals surface area contributed by atoms with Gasteiger partial charge in [0.1, 0.15) is 0 Å². The van der Waals surface area contributed by atoms with Crippen LogP contribution in [0.4, 0.5) is 4.79 Å². The number of rotatable bonds is 5. The zero-order chi connectivity index (χ0) is 21.8. The Kier molecular flexibility index (Phi) is 5.70. The lowest BCUT2D eigenvalue weighted by Crippen LogP contribution is -2.45. The van der Waals surface area contributed by atoms with Crippen LogP contribution in [0.2, 0.25) is 0 Å². The molecular formula is C25H24N4O3. The summed E-state index contributed by atoms with van der Waals surface area (Å²) in [5.41, 5.74) is 2.11. The number of likely N-dealkylation sites (tertiary alicyclic amines) is 1. The second-order valence-electron chi connectivity index (χ2n) is 7.89. The van der Waals surface area contributed by atoms with Crippen LogP contribution in [0, 0.1) is 0 Å². The van der Waals surface area contributed by atoms with Crippen molar-refractivity contribution in [3.05, 3.63) is 96.1 Å². The van der Waals surface area contributed by atoms with Gasteiger partial charge in [0.05, 0.1) is 12.3 Å². The van der Waals surface area contributed by atoms with Gasteiger partial charge in [-0.1, -0.05) is 60.7 Å². The molecule has 5 rings (SSSR count). The number of furan rings is 1. The predicted molar refractivity (Wildman–Crippen MR) is 119 cm³/mol. The molecule has 7 heteroatoms. The standard InChI is InChI=1S/C25H24N4O3/c30-25(26-22(18-8-3-1-4-9-18)19-10-5-2-6-11-19)29-15-13-20(14-16-29)23-27-28-24(32-23)21-12-7-17-31-21/h1-12,17,20,22H,13-16H2,(H,26,30). The Labute approximate surface area is 186 Å². The van der Waals surface area contributed by atoms with Crippen molar-refractivity contribution in [2.24, 2.45) is 0 Å². The number of benzene rings is 2. The number of carbonyl (C=O) groups excluding carboxylic acids is 1. The number of aromatic nitrogens is 2. The lowest BCUT2D eigenvalue weighted by atomic mass is 9.96. The van der Waals surface area contributed by atoms with Gasteiger partial charge >= 0.3 is 6.03 Å². The summed E-state index contributed by atoms with van der Waals surface area (Å²) in [6, 6.07) is 23.4. The Bertz CT molecular complexity index is 1090. The Morgan fingerprint density at radius 1 is 0.906 bits per heavy atom. The summed E-state index contributed by atoms with van der Waals surface area (Å²) in [4.78, 5) is 15.0. The van der Waals surface area contributed by atoms with Gasteiger partial charge < -0.3 is 19.1 Å². The molecular weight excluding hydrogens is 404 g/mol. The topological polar surface area (TPSA) is 84.4 Å². The first-order valence-corrected chi connectivity index (χ1v) is 10.8. The van der Waals surface area contributed by atoms with E-state index in [2.05, 4.69) is 15.5 Å². The van der Waals surface area contributed by atoms with Crippen LogP contribution >= 0.6 is 0 Å². The Morgan fingerprint density at radius 3 is 2.16 bits per heavy atom. The summed E-state index contributed by atoms with van der Waals surface area (Å²) < 4.78 is 11.1. The molecule has 0 unspecified atom stereocenters. The number of carbonyl (C=O) groups is 1. The fourth-order valence-corrected chi connectivity index (χ4v) is 4.09. The quantitative estimate of drug-likeness (QED) is 0.483. The SMILES string of the molecule is O=C(NC(c1ccccc1)c1ccccc1)N1CCC(c2nnc(-c3ccco3)o2)CC1. The third kappa shape index (κ3) is 4.27. The molecule has 4 aromatic rings. The highest BCUT2D eigenvalue weighted by Crippen LogP contribution is 2.30. The van der Waals surface area contributed by atoms with Crippen LogP contribution in [0.25, 0.3) is 11.7 Å². The third-order valence-corrected chi connectivity index (χ3v) is 5.84. The van der Waals surface area contributed by atoms with Gasteiger partial charge in [-0.05, 0) is 36.1 Å². The van der Waals surface area contributed by atoms with Gasteiger partial charge in [0.25, 0.3) is 5.89 Å². The van der Waals surface area contributed by atoms with Crippen LogP contribution in [0.15, 0.2) is 87.9 Å². The second kappa shape index (κ2) is 9.09. The van der Waals surface area contributed by atoms with Crippen molar-refractivity contribution >= 4 is 6.03 Å². The summed E-state index contributed by atoms with van der Waals surface area (Å²) in [5, 5.41) is 11.5. The number of piperidine rings is 1. The largest absolute Gasteiger partial charge is 0.459 e. The molecule has 0 aliphatic carbocycles. The average molecular weight is 428 g/mol. The number of hydrogen-bond acceptors (Lipinski definition) is 5. The van der Waals surface area contributed by atoms with Crippen LogP contribution in [0.3, 0.4) is 0 Å². The lowest BCUT2D eigenvalue weighted by Gasteiger charge is -2.32. The van der Waals surface area contributed by atoms with Crippen molar-refractivity contribution < 1.29 is 13.6 Å². The minimum absolute atomic E-state index is 0.0667. The number of nitrogens with zero attached hydrogens (tertiary/aromatic N) is 3. The fourth-order valence-electron chi connectivity index (χ4n) is 4.09. The van der Waals surface area contributed by atoms with E-state index < -0.39 is 0 Å². The number of hydrogen-bond donors (Lipinski definition) is 1. The van der Waals surface area contributed by atoms with E-state index in [-0.39, 0.29) is 18.0 Å². The van der Waals surface area contributed by atoms with Crippen LogP contribution in [0.1, 0.15) is 41.8 Å². The van der Waals surface area contributed by atoms with Crippen molar-refractivity contribution in [2.75, 3.05) is 13.1 Å². The molecule has 3 heterocycles. The van der Waals surface area contributed by atoms with Gasteiger partial charge in [0, 0.05) is 19.0 Å². The summed E-state index contributed by atoms with van der Waals surface area (Å²) in [6.45, 7) is 1.26. The van der Waals surface area contributed by atoms with Gasteiger partial charge in [-0.15, -0.1) is 10.2 Å². The molecule has 2 aromatic carbocycles. The fraction of sp³-hybridized carbons (Fsp3) is 0.240. The molecule has 162 valence electrons. The van der Waals surface area contributed by atoms with Crippen LogP contribution < -0.4 is 5.32 Å². The summed E-state index contributed by atoms with van der Waals surface area (Å²) in [6.07, 6.45) is 3.12. The van der Waals surface area contributed by atoms with Crippen LogP contribution in [0.5, 0.6) is 0 Å². The van der Waals surface area contributed by atoms with Gasteiger partial charge in [-0.2, -0.15) is 0 Å². The summed E-state index contributed by atoms with van der Waals surface area (Å²) >= 11 is 0. The van der Waals surface area contributed by atoms with E-state index in [9.17, 15) is 4.79 Å². The maximum atomic E-state index is 13.1. The average Bonchev–Trinajstić information content (AvgIpc) is 3.56. The molecule has 0 radical (unpaired) electrons. The van der Waals surface area contributed by atoms with Crippen molar-refractivity contribution in [3.8, 4) is 11.7 Å². The van der Waals surface area contributed by atoms with Crippen molar-refractivity contribution in [1.29, 1.82) is 0 Å². The zero-order valence-electron chi connectivity index (χ0n) is 17.6. The lowest BCUT2D eigenvalue weighted by molar-refractivity contribution is 0.175. The Balaban J connectivity index is 1.24. The van der Waals surface area contributed by atoms with Gasteiger partial charge in [0.2, 0.25) is 5.89 Å².